The fourth-order valence-corrected chi connectivity index (χ4v) is 2.67. The van der Waals surface area contributed by atoms with Crippen molar-refractivity contribution in [1.82, 2.24) is 0 Å². The van der Waals surface area contributed by atoms with Crippen molar-refractivity contribution in [3.05, 3.63) is 0 Å². The Balaban J connectivity index is 2.01. The van der Waals surface area contributed by atoms with Gasteiger partial charge in [-0.05, 0) is 43.6 Å². The van der Waals surface area contributed by atoms with Gasteiger partial charge in [-0.25, -0.2) is 0 Å². The van der Waals surface area contributed by atoms with E-state index in [9.17, 15) is 0 Å². The number of hydrogen-bond donors (Lipinski definition) is 1. The summed E-state index contributed by atoms with van der Waals surface area (Å²) in [7, 11) is 0. The molecule has 2 rings (SSSR count). The van der Waals surface area contributed by atoms with Crippen molar-refractivity contribution in [2.75, 3.05) is 6.54 Å². The fraction of sp³-hybridized carbons (Fsp3) is 1.00. The summed E-state index contributed by atoms with van der Waals surface area (Å²) < 4.78 is 0. The number of fused-ring (bicyclic) bond motifs is 2. The Bertz CT molecular complexity index is 111. The topological polar surface area (TPSA) is 26.0 Å². The van der Waals surface area contributed by atoms with E-state index in [-0.39, 0.29) is 0 Å². The van der Waals surface area contributed by atoms with Crippen molar-refractivity contribution < 1.29 is 0 Å². The quantitative estimate of drug-likeness (QED) is 0.563. The van der Waals surface area contributed by atoms with Crippen LogP contribution in [0.15, 0.2) is 0 Å². The Labute approximate surface area is 56.6 Å². The molecule has 2 aliphatic rings. The summed E-state index contributed by atoms with van der Waals surface area (Å²) in [6.45, 7) is 0.946. The van der Waals surface area contributed by atoms with Crippen LogP contribution in [0.2, 0.25) is 0 Å². The highest BCUT2D eigenvalue weighted by Crippen LogP contribution is 2.47. The minimum Gasteiger partial charge on any atom is -0.330 e. The second-order valence-electron chi connectivity index (χ2n) is 3.67. The van der Waals surface area contributed by atoms with Gasteiger partial charge < -0.3 is 5.73 Å². The van der Waals surface area contributed by atoms with Gasteiger partial charge in [0.25, 0.3) is 0 Å². The molecule has 2 aliphatic carbocycles. The van der Waals surface area contributed by atoms with Gasteiger partial charge in [-0.15, -0.1) is 0 Å². The molecule has 0 amide bonds. The van der Waals surface area contributed by atoms with Crippen LogP contribution in [0.4, 0.5) is 0 Å². The zero-order valence-electron chi connectivity index (χ0n) is 5.84. The summed E-state index contributed by atoms with van der Waals surface area (Å²) in [5, 5.41) is 0. The summed E-state index contributed by atoms with van der Waals surface area (Å²) in [5.74, 6) is 3.01. The second kappa shape index (κ2) is 1.98. The smallest absolute Gasteiger partial charge is 0.00461 e. The van der Waals surface area contributed by atoms with Gasteiger partial charge in [0.2, 0.25) is 0 Å². The Morgan fingerprint density at radius 1 is 1.22 bits per heavy atom. The minimum atomic E-state index is 0.906. The van der Waals surface area contributed by atoms with Crippen LogP contribution in [0.5, 0.6) is 0 Å². The van der Waals surface area contributed by atoms with Gasteiger partial charge in [0.05, 0.1) is 0 Å². The molecule has 0 spiro atoms. The molecule has 2 N–H and O–H groups in total. The van der Waals surface area contributed by atoms with Gasteiger partial charge in [0, 0.05) is 0 Å². The molecular formula is C8H15N. The van der Waals surface area contributed by atoms with Crippen LogP contribution < -0.4 is 5.73 Å². The van der Waals surface area contributed by atoms with E-state index in [1.807, 2.05) is 0 Å². The molecule has 0 aromatic rings. The first-order valence-electron chi connectivity index (χ1n) is 4.10. The Morgan fingerprint density at radius 3 is 2.44 bits per heavy atom. The van der Waals surface area contributed by atoms with Crippen molar-refractivity contribution in [1.29, 1.82) is 0 Å². The maximum Gasteiger partial charge on any atom is -0.00461 e. The van der Waals surface area contributed by atoms with Crippen molar-refractivity contribution in [3.63, 3.8) is 0 Å². The van der Waals surface area contributed by atoms with E-state index in [2.05, 4.69) is 0 Å². The first kappa shape index (κ1) is 5.72. The van der Waals surface area contributed by atoms with E-state index in [0.717, 1.165) is 24.3 Å². The van der Waals surface area contributed by atoms with Gasteiger partial charge in [-0.1, -0.05) is 6.42 Å². The highest BCUT2D eigenvalue weighted by Gasteiger charge is 2.38. The summed E-state index contributed by atoms with van der Waals surface area (Å²) in [4.78, 5) is 0. The summed E-state index contributed by atoms with van der Waals surface area (Å²) >= 11 is 0. The largest absolute Gasteiger partial charge is 0.330 e. The monoisotopic (exact) mass is 125 g/mol. The first-order chi connectivity index (χ1) is 4.40. The molecule has 2 saturated carbocycles. The van der Waals surface area contributed by atoms with Crippen LogP contribution in [0, 0.1) is 17.8 Å². The van der Waals surface area contributed by atoms with Crippen LogP contribution >= 0.6 is 0 Å². The molecule has 0 heterocycles. The molecule has 2 fully saturated rings. The normalized spacial score (nSPS) is 48.3. The molecule has 0 unspecified atom stereocenters. The van der Waals surface area contributed by atoms with E-state index in [0.29, 0.717) is 0 Å². The average molecular weight is 125 g/mol. The van der Waals surface area contributed by atoms with Crippen molar-refractivity contribution in [2.24, 2.45) is 23.5 Å². The lowest BCUT2D eigenvalue weighted by atomic mass is 9.89. The minimum absolute atomic E-state index is 0.906. The van der Waals surface area contributed by atoms with E-state index < -0.39 is 0 Å². The van der Waals surface area contributed by atoms with Crippen LogP contribution in [0.3, 0.4) is 0 Å². The SMILES string of the molecule is NC[C@@H]1C[C@H]2CC[C@@H]1C2. The van der Waals surface area contributed by atoms with E-state index in [1.165, 1.54) is 25.7 Å². The lowest BCUT2D eigenvalue weighted by molar-refractivity contribution is 0.341. The highest BCUT2D eigenvalue weighted by atomic mass is 14.6. The van der Waals surface area contributed by atoms with Gasteiger partial charge in [-0.3, -0.25) is 0 Å². The van der Waals surface area contributed by atoms with Gasteiger partial charge in [0.1, 0.15) is 0 Å². The molecule has 1 nitrogen and oxygen atoms in total. The molecule has 0 saturated heterocycles. The Morgan fingerprint density at radius 2 is 2.11 bits per heavy atom. The summed E-state index contributed by atoms with van der Waals surface area (Å²) in [6, 6.07) is 0. The van der Waals surface area contributed by atoms with Gasteiger partial charge in [0.15, 0.2) is 0 Å². The molecule has 2 bridgehead atoms. The molecule has 0 aliphatic heterocycles. The van der Waals surface area contributed by atoms with E-state index >= 15 is 0 Å². The van der Waals surface area contributed by atoms with Crippen LogP contribution in [-0.2, 0) is 0 Å². The third-order valence-electron chi connectivity index (χ3n) is 3.19. The van der Waals surface area contributed by atoms with Gasteiger partial charge >= 0.3 is 0 Å². The number of nitrogens with two attached hydrogens (primary N) is 1. The zero-order chi connectivity index (χ0) is 6.27. The zero-order valence-corrected chi connectivity index (χ0v) is 5.84. The summed E-state index contributed by atoms with van der Waals surface area (Å²) in [5.41, 5.74) is 5.62. The number of rotatable bonds is 1. The lowest BCUT2D eigenvalue weighted by Crippen LogP contribution is -2.19. The van der Waals surface area contributed by atoms with Crippen molar-refractivity contribution in [3.8, 4) is 0 Å². The van der Waals surface area contributed by atoms with Crippen LogP contribution in [-0.4, -0.2) is 6.54 Å². The third kappa shape index (κ3) is 0.787. The van der Waals surface area contributed by atoms with Gasteiger partial charge in [-0.2, -0.15) is 0 Å². The Kier molecular flexibility index (Phi) is 1.26. The summed E-state index contributed by atoms with van der Waals surface area (Å²) in [6.07, 6.45) is 5.93. The molecule has 0 radical (unpaired) electrons. The molecule has 1 heteroatoms. The second-order valence-corrected chi connectivity index (χ2v) is 3.67. The predicted molar refractivity (Wildman–Crippen MR) is 38.0 cm³/mol. The van der Waals surface area contributed by atoms with Crippen LogP contribution in [0.1, 0.15) is 25.7 Å². The van der Waals surface area contributed by atoms with E-state index in [1.54, 1.807) is 0 Å². The first-order valence-corrected chi connectivity index (χ1v) is 4.10. The molecule has 0 aromatic carbocycles. The molecule has 9 heavy (non-hydrogen) atoms. The van der Waals surface area contributed by atoms with Crippen molar-refractivity contribution >= 4 is 0 Å². The average Bonchev–Trinajstić information content (AvgIpc) is 2.45. The van der Waals surface area contributed by atoms with E-state index in [4.69, 9.17) is 5.73 Å². The molecule has 0 aromatic heterocycles. The fourth-order valence-electron chi connectivity index (χ4n) is 2.67. The molecule has 3 atom stereocenters. The van der Waals surface area contributed by atoms with Crippen molar-refractivity contribution in [2.45, 2.75) is 25.7 Å². The third-order valence-corrected chi connectivity index (χ3v) is 3.19. The van der Waals surface area contributed by atoms with Crippen LogP contribution in [0.25, 0.3) is 0 Å². The highest BCUT2D eigenvalue weighted by molar-refractivity contribution is 4.89. The maximum atomic E-state index is 5.62. The standard InChI is InChI=1S/C8H15N/c9-5-8-4-6-1-2-7(8)3-6/h6-8H,1-5,9H2/t6-,7+,8-/m0/s1. The lowest BCUT2D eigenvalue weighted by Gasteiger charge is -2.18. The molecule has 52 valence electrons. The number of hydrogen-bond acceptors (Lipinski definition) is 1. The predicted octanol–water partition coefficient (Wildman–Crippen LogP) is 1.38. The maximum absolute atomic E-state index is 5.62. The molecular weight excluding hydrogens is 110 g/mol. The Hall–Kier alpha value is -0.0400.